The Morgan fingerprint density at radius 3 is 2.75 bits per heavy atom. The zero-order chi connectivity index (χ0) is 11.6. The molecule has 0 heterocycles. The van der Waals surface area contributed by atoms with Crippen LogP contribution in [0.25, 0.3) is 0 Å². The second kappa shape index (κ2) is 4.60. The summed E-state index contributed by atoms with van der Waals surface area (Å²) in [5, 5.41) is 0.121. The summed E-state index contributed by atoms with van der Waals surface area (Å²) in [5.74, 6) is 0.0908. The molecule has 1 aromatic carbocycles. The molecule has 1 saturated carbocycles. The molecule has 1 fully saturated rings. The van der Waals surface area contributed by atoms with Crippen LogP contribution >= 0.6 is 11.6 Å². The lowest BCUT2D eigenvalue weighted by Crippen LogP contribution is -2.17. The summed E-state index contributed by atoms with van der Waals surface area (Å²) >= 11 is 5.59. The van der Waals surface area contributed by atoms with Crippen LogP contribution < -0.4 is 10.5 Å². The van der Waals surface area contributed by atoms with Crippen LogP contribution in [-0.2, 0) is 0 Å². The van der Waals surface area contributed by atoms with E-state index in [0.29, 0.717) is 18.9 Å². The number of benzene rings is 1. The fourth-order valence-corrected chi connectivity index (χ4v) is 1.87. The van der Waals surface area contributed by atoms with E-state index in [1.54, 1.807) is 6.07 Å². The quantitative estimate of drug-likeness (QED) is 0.863. The predicted octanol–water partition coefficient (Wildman–Crippen LogP) is 2.99. The Bertz CT molecular complexity index is 379. The van der Waals surface area contributed by atoms with Crippen molar-refractivity contribution in [3.8, 4) is 5.75 Å². The van der Waals surface area contributed by atoms with E-state index in [0.717, 1.165) is 19.3 Å². The van der Waals surface area contributed by atoms with Crippen LogP contribution in [0, 0.1) is 11.2 Å². The molecule has 0 unspecified atom stereocenters. The maximum absolute atomic E-state index is 13.1. The molecule has 0 radical (unpaired) electrons. The Kier molecular flexibility index (Phi) is 3.36. The van der Waals surface area contributed by atoms with Crippen molar-refractivity contribution in [1.29, 1.82) is 0 Å². The molecule has 0 saturated heterocycles. The third kappa shape index (κ3) is 2.66. The second-order valence-electron chi connectivity index (χ2n) is 4.40. The maximum Gasteiger partial charge on any atom is 0.145 e. The van der Waals surface area contributed by atoms with E-state index < -0.39 is 5.82 Å². The zero-order valence-corrected chi connectivity index (χ0v) is 9.77. The van der Waals surface area contributed by atoms with E-state index in [1.165, 1.54) is 12.1 Å². The van der Waals surface area contributed by atoms with Crippen LogP contribution in [0.5, 0.6) is 5.75 Å². The van der Waals surface area contributed by atoms with Crippen molar-refractivity contribution >= 4 is 11.6 Å². The topological polar surface area (TPSA) is 35.2 Å². The number of nitrogens with two attached hydrogens (primary N) is 1. The van der Waals surface area contributed by atoms with E-state index >= 15 is 0 Å². The molecule has 2 N–H and O–H groups in total. The molecule has 88 valence electrons. The van der Waals surface area contributed by atoms with Gasteiger partial charge < -0.3 is 10.5 Å². The SMILES string of the molecule is NCCC1(COc2ccc(Cl)c(F)c2)CC1. The van der Waals surface area contributed by atoms with Crippen LogP contribution in [0.2, 0.25) is 5.02 Å². The predicted molar refractivity (Wildman–Crippen MR) is 62.2 cm³/mol. The minimum atomic E-state index is -0.442. The Morgan fingerprint density at radius 2 is 2.19 bits per heavy atom. The third-order valence-corrected chi connectivity index (χ3v) is 3.37. The van der Waals surface area contributed by atoms with Gasteiger partial charge in [0.05, 0.1) is 11.6 Å². The van der Waals surface area contributed by atoms with Gasteiger partial charge in [-0.1, -0.05) is 11.6 Å². The van der Waals surface area contributed by atoms with Crippen LogP contribution in [0.1, 0.15) is 19.3 Å². The first-order valence-corrected chi connectivity index (χ1v) is 5.81. The van der Waals surface area contributed by atoms with Gasteiger partial charge >= 0.3 is 0 Å². The van der Waals surface area contributed by atoms with E-state index in [2.05, 4.69) is 0 Å². The molecule has 2 nitrogen and oxygen atoms in total. The van der Waals surface area contributed by atoms with E-state index in [-0.39, 0.29) is 10.4 Å². The van der Waals surface area contributed by atoms with Gasteiger partial charge in [0.1, 0.15) is 11.6 Å². The van der Waals surface area contributed by atoms with Gasteiger partial charge in [0.15, 0.2) is 0 Å². The minimum Gasteiger partial charge on any atom is -0.493 e. The number of halogens is 2. The first kappa shape index (κ1) is 11.7. The number of hydrogen-bond acceptors (Lipinski definition) is 2. The van der Waals surface area contributed by atoms with Crippen LogP contribution in [0.15, 0.2) is 18.2 Å². The van der Waals surface area contributed by atoms with E-state index in [9.17, 15) is 4.39 Å². The Balaban J connectivity index is 1.92. The van der Waals surface area contributed by atoms with Gasteiger partial charge in [-0.3, -0.25) is 0 Å². The first-order chi connectivity index (χ1) is 7.65. The highest BCUT2D eigenvalue weighted by atomic mass is 35.5. The number of ether oxygens (including phenoxy) is 1. The van der Waals surface area contributed by atoms with Crippen molar-refractivity contribution in [3.63, 3.8) is 0 Å². The van der Waals surface area contributed by atoms with E-state index in [4.69, 9.17) is 22.1 Å². The fraction of sp³-hybridized carbons (Fsp3) is 0.500. The van der Waals surface area contributed by atoms with E-state index in [1.807, 2.05) is 0 Å². The molecule has 0 atom stereocenters. The molecule has 1 aromatic rings. The van der Waals surface area contributed by atoms with Crippen LogP contribution in [-0.4, -0.2) is 13.2 Å². The van der Waals surface area contributed by atoms with Crippen LogP contribution in [0.3, 0.4) is 0 Å². The van der Waals surface area contributed by atoms with Crippen LogP contribution in [0.4, 0.5) is 4.39 Å². The Hall–Kier alpha value is -0.800. The largest absolute Gasteiger partial charge is 0.493 e. The molecular formula is C12H15ClFNO. The molecule has 0 bridgehead atoms. The lowest BCUT2D eigenvalue weighted by atomic mass is 10.0. The highest BCUT2D eigenvalue weighted by Gasteiger charge is 2.42. The summed E-state index contributed by atoms with van der Waals surface area (Å²) < 4.78 is 18.7. The number of hydrogen-bond donors (Lipinski definition) is 1. The van der Waals surface area contributed by atoms with Gasteiger partial charge in [0.25, 0.3) is 0 Å². The lowest BCUT2D eigenvalue weighted by molar-refractivity contribution is 0.226. The van der Waals surface area contributed by atoms with Gasteiger partial charge in [-0.05, 0) is 37.9 Å². The fourth-order valence-electron chi connectivity index (χ4n) is 1.75. The molecule has 2 rings (SSSR count). The smallest absolute Gasteiger partial charge is 0.145 e. The molecular weight excluding hydrogens is 229 g/mol. The summed E-state index contributed by atoms with van der Waals surface area (Å²) in [6.07, 6.45) is 3.28. The van der Waals surface area contributed by atoms with Crippen molar-refractivity contribution in [1.82, 2.24) is 0 Å². The van der Waals surface area contributed by atoms with Crippen molar-refractivity contribution in [2.75, 3.05) is 13.2 Å². The molecule has 16 heavy (non-hydrogen) atoms. The van der Waals surface area contributed by atoms with Gasteiger partial charge in [0.2, 0.25) is 0 Å². The first-order valence-electron chi connectivity index (χ1n) is 5.43. The highest BCUT2D eigenvalue weighted by Crippen LogP contribution is 2.48. The molecule has 0 aliphatic heterocycles. The number of rotatable bonds is 5. The molecule has 1 aliphatic carbocycles. The molecule has 0 spiro atoms. The van der Waals surface area contributed by atoms with Gasteiger partial charge in [-0.25, -0.2) is 4.39 Å². The molecule has 1 aliphatic rings. The average Bonchev–Trinajstić information content (AvgIpc) is 3.01. The summed E-state index contributed by atoms with van der Waals surface area (Å²) in [6, 6.07) is 4.51. The van der Waals surface area contributed by atoms with Gasteiger partial charge in [-0.2, -0.15) is 0 Å². The van der Waals surface area contributed by atoms with Crippen molar-refractivity contribution < 1.29 is 9.13 Å². The summed E-state index contributed by atoms with van der Waals surface area (Å²) in [6.45, 7) is 1.30. The zero-order valence-electron chi connectivity index (χ0n) is 9.01. The van der Waals surface area contributed by atoms with Crippen molar-refractivity contribution in [3.05, 3.63) is 29.0 Å². The van der Waals surface area contributed by atoms with Gasteiger partial charge in [0, 0.05) is 11.5 Å². The highest BCUT2D eigenvalue weighted by molar-refractivity contribution is 6.30. The average molecular weight is 244 g/mol. The standard InChI is InChI=1S/C12H15ClFNO/c13-10-2-1-9(7-11(10)14)16-8-12(3-4-12)5-6-15/h1-2,7H,3-6,8,15H2. The molecule has 0 aromatic heterocycles. The minimum absolute atomic E-state index is 0.121. The second-order valence-corrected chi connectivity index (χ2v) is 4.81. The van der Waals surface area contributed by atoms with Crippen molar-refractivity contribution in [2.24, 2.45) is 11.1 Å². The third-order valence-electron chi connectivity index (χ3n) is 3.07. The summed E-state index contributed by atoms with van der Waals surface area (Å²) in [5.41, 5.74) is 5.78. The lowest BCUT2D eigenvalue weighted by Gasteiger charge is -2.15. The molecule has 4 heteroatoms. The normalized spacial score (nSPS) is 17.2. The Labute approximate surface area is 99.5 Å². The summed E-state index contributed by atoms with van der Waals surface area (Å²) in [4.78, 5) is 0. The summed E-state index contributed by atoms with van der Waals surface area (Å²) in [7, 11) is 0. The molecule has 0 amide bonds. The Morgan fingerprint density at radius 1 is 1.44 bits per heavy atom. The van der Waals surface area contributed by atoms with Crippen molar-refractivity contribution in [2.45, 2.75) is 19.3 Å². The van der Waals surface area contributed by atoms with Gasteiger partial charge in [-0.15, -0.1) is 0 Å². The monoisotopic (exact) mass is 243 g/mol. The maximum atomic E-state index is 13.1.